The van der Waals surface area contributed by atoms with Gasteiger partial charge in [-0.25, -0.2) is 9.13 Å². The molecule has 2 nitrogen and oxygen atoms in total. The lowest BCUT2D eigenvalue weighted by molar-refractivity contribution is -0.729. The van der Waals surface area contributed by atoms with Crippen molar-refractivity contribution in [3.8, 4) is 0 Å². The number of aryl methyl sites for hydroxylation is 1. The van der Waals surface area contributed by atoms with E-state index in [1.165, 1.54) is 99.7 Å². The van der Waals surface area contributed by atoms with Gasteiger partial charge in [0.1, 0.15) is 11.9 Å². The average Bonchev–Trinajstić information content (AvgIpc) is 3.26. The molecular formula is C36H55N2+. The number of hydrogen-bond acceptors (Lipinski definition) is 0. The van der Waals surface area contributed by atoms with Gasteiger partial charge in [-0.05, 0) is 43.7 Å². The van der Waals surface area contributed by atoms with Crippen LogP contribution in [0.4, 0.5) is 0 Å². The number of benzene rings is 2. The third-order valence-electron chi connectivity index (χ3n) is 8.08. The fourth-order valence-electron chi connectivity index (χ4n) is 5.90. The van der Waals surface area contributed by atoms with Gasteiger partial charge in [0.05, 0.1) is 19.0 Å². The number of nitrogens with zero attached hydrogens (tertiary/aromatic N) is 2. The zero-order chi connectivity index (χ0) is 27.0. The predicted molar refractivity (Wildman–Crippen MR) is 164 cm³/mol. The van der Waals surface area contributed by atoms with Crippen LogP contribution in [-0.2, 0) is 19.4 Å². The molecule has 3 aromatic rings. The van der Waals surface area contributed by atoms with E-state index in [0.29, 0.717) is 12.0 Å². The number of hydrogen-bond donors (Lipinski definition) is 0. The second kappa shape index (κ2) is 17.3. The van der Waals surface area contributed by atoms with Crippen molar-refractivity contribution in [1.29, 1.82) is 0 Å². The number of unbranched alkanes of at least 4 members (excludes halogenated alkanes) is 11. The highest BCUT2D eigenvalue weighted by atomic mass is 15.2. The molecule has 1 unspecified atom stereocenters. The average molecular weight is 516 g/mol. The van der Waals surface area contributed by atoms with E-state index in [1.807, 2.05) is 0 Å². The van der Waals surface area contributed by atoms with Gasteiger partial charge in [0, 0.05) is 6.42 Å². The Kier molecular flexibility index (Phi) is 13.7. The van der Waals surface area contributed by atoms with Crippen molar-refractivity contribution in [3.05, 3.63) is 89.5 Å². The first kappa shape index (κ1) is 30.2. The Morgan fingerprint density at radius 3 is 1.74 bits per heavy atom. The van der Waals surface area contributed by atoms with Gasteiger partial charge in [0.2, 0.25) is 0 Å². The highest BCUT2D eigenvalue weighted by molar-refractivity contribution is 5.21. The Balaban J connectivity index is 1.59. The molecule has 0 saturated carbocycles. The molecule has 1 heterocycles. The first-order chi connectivity index (χ1) is 18.6. The molecule has 0 saturated heterocycles. The van der Waals surface area contributed by atoms with Crippen LogP contribution in [0.15, 0.2) is 66.9 Å². The van der Waals surface area contributed by atoms with Gasteiger partial charge in [-0.3, -0.25) is 0 Å². The molecule has 2 heteroatoms. The van der Waals surface area contributed by atoms with Gasteiger partial charge in [-0.2, -0.15) is 0 Å². The van der Waals surface area contributed by atoms with Crippen molar-refractivity contribution in [1.82, 2.24) is 4.57 Å². The van der Waals surface area contributed by atoms with E-state index in [1.54, 1.807) is 0 Å². The highest BCUT2D eigenvalue weighted by Gasteiger charge is 2.26. The SMILES string of the molecule is CCCCCCCCCCCCCCn1cc(CC(C)c2ccccc2)[n+](C(C)C)c1Cc1ccccc1. The van der Waals surface area contributed by atoms with Crippen LogP contribution in [0.2, 0.25) is 0 Å². The summed E-state index contributed by atoms with van der Waals surface area (Å²) >= 11 is 0. The summed E-state index contributed by atoms with van der Waals surface area (Å²) in [6.07, 6.45) is 21.4. The molecule has 208 valence electrons. The summed E-state index contributed by atoms with van der Waals surface area (Å²) in [7, 11) is 0. The maximum atomic E-state index is 2.63. The van der Waals surface area contributed by atoms with E-state index >= 15 is 0 Å². The van der Waals surface area contributed by atoms with Crippen molar-refractivity contribution in [2.24, 2.45) is 0 Å². The van der Waals surface area contributed by atoms with Crippen molar-refractivity contribution >= 4 is 0 Å². The molecule has 2 aromatic carbocycles. The van der Waals surface area contributed by atoms with Gasteiger partial charge >= 0.3 is 0 Å². The summed E-state index contributed by atoms with van der Waals surface area (Å²) < 4.78 is 5.23. The molecule has 0 aliphatic rings. The fraction of sp³-hybridized carbons (Fsp3) is 0.583. The van der Waals surface area contributed by atoms with E-state index in [2.05, 4.69) is 104 Å². The minimum absolute atomic E-state index is 0.454. The minimum Gasteiger partial charge on any atom is -0.234 e. The second-order valence-corrected chi connectivity index (χ2v) is 11.8. The minimum atomic E-state index is 0.454. The first-order valence-electron chi connectivity index (χ1n) is 15.8. The molecule has 0 fully saturated rings. The third kappa shape index (κ3) is 10.1. The zero-order valence-corrected chi connectivity index (χ0v) is 25.0. The molecule has 1 aromatic heterocycles. The quantitative estimate of drug-likeness (QED) is 0.111. The Labute approximate surface area is 234 Å². The summed E-state index contributed by atoms with van der Waals surface area (Å²) in [5.74, 6) is 1.97. The summed E-state index contributed by atoms with van der Waals surface area (Å²) in [6, 6.07) is 22.5. The third-order valence-corrected chi connectivity index (χ3v) is 8.08. The van der Waals surface area contributed by atoms with Crippen LogP contribution in [0.1, 0.15) is 139 Å². The number of rotatable bonds is 19. The van der Waals surface area contributed by atoms with Gasteiger partial charge in [-0.15, -0.1) is 0 Å². The number of aromatic nitrogens is 2. The normalized spacial score (nSPS) is 12.3. The van der Waals surface area contributed by atoms with Gasteiger partial charge in [-0.1, -0.05) is 139 Å². The maximum absolute atomic E-state index is 2.63. The van der Waals surface area contributed by atoms with Crippen LogP contribution in [-0.4, -0.2) is 4.57 Å². The fourth-order valence-corrected chi connectivity index (χ4v) is 5.90. The zero-order valence-electron chi connectivity index (χ0n) is 25.0. The second-order valence-electron chi connectivity index (χ2n) is 11.8. The molecular weight excluding hydrogens is 460 g/mol. The Morgan fingerprint density at radius 1 is 0.658 bits per heavy atom. The Morgan fingerprint density at radius 2 is 1.18 bits per heavy atom. The van der Waals surface area contributed by atoms with Crippen LogP contribution in [0.3, 0.4) is 0 Å². The molecule has 0 aliphatic carbocycles. The smallest absolute Gasteiger partial charge is 0.234 e. The predicted octanol–water partition coefficient (Wildman–Crippen LogP) is 9.99. The van der Waals surface area contributed by atoms with Crippen LogP contribution in [0.25, 0.3) is 0 Å². The first-order valence-corrected chi connectivity index (χ1v) is 15.8. The van der Waals surface area contributed by atoms with E-state index < -0.39 is 0 Å². The van der Waals surface area contributed by atoms with Crippen LogP contribution >= 0.6 is 0 Å². The monoisotopic (exact) mass is 515 g/mol. The van der Waals surface area contributed by atoms with E-state index in [0.717, 1.165) is 19.4 Å². The molecule has 1 atom stereocenters. The van der Waals surface area contributed by atoms with Crippen molar-refractivity contribution in [2.75, 3.05) is 0 Å². The topological polar surface area (TPSA) is 8.81 Å². The van der Waals surface area contributed by atoms with Gasteiger partial charge < -0.3 is 0 Å². The van der Waals surface area contributed by atoms with Crippen molar-refractivity contribution < 1.29 is 4.57 Å². The lowest BCUT2D eigenvalue weighted by atomic mass is 9.96. The largest absolute Gasteiger partial charge is 0.261 e. The van der Waals surface area contributed by atoms with E-state index in [-0.39, 0.29) is 0 Å². The van der Waals surface area contributed by atoms with E-state index in [4.69, 9.17) is 0 Å². The Hall–Kier alpha value is -2.35. The lowest BCUT2D eigenvalue weighted by Crippen LogP contribution is -2.43. The molecule has 0 bridgehead atoms. The molecule has 0 amide bonds. The summed E-state index contributed by atoms with van der Waals surface area (Å²) in [6.45, 7) is 10.5. The molecule has 3 rings (SSSR count). The van der Waals surface area contributed by atoms with Crippen LogP contribution in [0.5, 0.6) is 0 Å². The van der Waals surface area contributed by atoms with Crippen molar-refractivity contribution in [3.63, 3.8) is 0 Å². The standard InChI is InChI=1S/C36H55N2/c1-5-6-7-8-9-10-11-12-13-14-15-22-27-37-30-35(28-32(4)34-25-20-17-21-26-34)38(31(2)3)36(37)29-33-23-18-16-19-24-33/h16-21,23-26,30-32H,5-15,22,27-29H2,1-4H3/q+1. The molecule has 0 aliphatic heterocycles. The van der Waals surface area contributed by atoms with E-state index in [9.17, 15) is 0 Å². The summed E-state index contributed by atoms with van der Waals surface area (Å²) in [5.41, 5.74) is 4.31. The van der Waals surface area contributed by atoms with Gasteiger partial charge in [0.25, 0.3) is 5.82 Å². The lowest BCUT2D eigenvalue weighted by Gasteiger charge is -2.13. The molecule has 38 heavy (non-hydrogen) atoms. The van der Waals surface area contributed by atoms with Crippen LogP contribution in [0, 0.1) is 0 Å². The van der Waals surface area contributed by atoms with Crippen LogP contribution < -0.4 is 4.57 Å². The van der Waals surface area contributed by atoms with Gasteiger partial charge in [0.15, 0.2) is 0 Å². The number of imidazole rings is 1. The molecule has 0 spiro atoms. The Bertz CT molecular complexity index is 1000. The molecule has 0 N–H and O–H groups in total. The highest BCUT2D eigenvalue weighted by Crippen LogP contribution is 2.22. The van der Waals surface area contributed by atoms with Crippen molar-refractivity contribution in [2.45, 2.75) is 136 Å². The summed E-state index contributed by atoms with van der Waals surface area (Å²) in [5, 5.41) is 0. The maximum Gasteiger partial charge on any atom is 0.261 e. The molecule has 0 radical (unpaired) electrons. The summed E-state index contributed by atoms with van der Waals surface area (Å²) in [4.78, 5) is 0.